The first kappa shape index (κ1) is 25.2. The van der Waals surface area contributed by atoms with Crippen LogP contribution < -0.4 is 14.8 Å². The summed E-state index contributed by atoms with van der Waals surface area (Å²) in [5, 5.41) is 13.8. The smallest absolute Gasteiger partial charge is 0.271 e. The number of benzene rings is 3. The maximum atomic E-state index is 13.2. The van der Waals surface area contributed by atoms with Gasteiger partial charge < -0.3 is 10.1 Å². The van der Waals surface area contributed by atoms with E-state index in [0.29, 0.717) is 16.9 Å². The Morgan fingerprint density at radius 2 is 1.82 bits per heavy atom. The lowest BCUT2D eigenvalue weighted by Gasteiger charge is -2.20. The molecule has 11 heteroatoms. The number of non-ortho nitro benzene ring substituents is 1. The zero-order valence-corrected chi connectivity index (χ0v) is 19.9. The minimum atomic E-state index is -4.16. The lowest BCUT2D eigenvalue weighted by Crippen LogP contribution is -2.45. The van der Waals surface area contributed by atoms with Crippen molar-refractivity contribution in [2.75, 3.05) is 12.4 Å². The third-order valence-electron chi connectivity index (χ3n) is 5.02. The molecule has 0 fully saturated rings. The molecule has 0 saturated heterocycles. The van der Waals surface area contributed by atoms with Crippen LogP contribution >= 0.6 is 11.6 Å². The highest BCUT2D eigenvalue weighted by Crippen LogP contribution is 2.27. The number of amides is 1. The number of carbonyl (C=O) groups is 1. The van der Waals surface area contributed by atoms with E-state index in [2.05, 4.69) is 10.0 Å². The number of carbonyl (C=O) groups excluding carboxylic acids is 1. The molecule has 3 rings (SSSR count). The van der Waals surface area contributed by atoms with Gasteiger partial charge in [0.1, 0.15) is 11.8 Å². The first-order valence-corrected chi connectivity index (χ1v) is 11.9. The maximum absolute atomic E-state index is 13.2. The largest absolute Gasteiger partial charge is 0.495 e. The van der Waals surface area contributed by atoms with Gasteiger partial charge in [-0.3, -0.25) is 14.9 Å². The number of hydrogen-bond acceptors (Lipinski definition) is 6. The molecule has 9 nitrogen and oxygen atoms in total. The van der Waals surface area contributed by atoms with Gasteiger partial charge in [0.05, 0.1) is 27.6 Å². The second kappa shape index (κ2) is 10.6. The molecule has 2 N–H and O–H groups in total. The number of methoxy groups -OCH3 is 1. The Balaban J connectivity index is 1.92. The second-order valence-corrected chi connectivity index (χ2v) is 9.53. The molecule has 0 saturated carbocycles. The summed E-state index contributed by atoms with van der Waals surface area (Å²) in [5.74, 6) is -0.365. The van der Waals surface area contributed by atoms with Crippen molar-refractivity contribution in [2.45, 2.75) is 24.3 Å². The standard InChI is InChI=1S/C23H22ClN3O6S/c1-15-8-9-17(27(29)30)13-20(15)25-23(28)21(12-16-6-4-3-5-7-16)26-34(31,32)18-10-11-22(33-2)19(24)14-18/h3-11,13-14,21,26H,12H2,1-2H3,(H,25,28)/t21-/m1/s1. The minimum absolute atomic E-state index is 0.0454. The fourth-order valence-corrected chi connectivity index (χ4v) is 4.73. The van der Waals surface area contributed by atoms with Crippen molar-refractivity contribution in [3.63, 3.8) is 0 Å². The van der Waals surface area contributed by atoms with Gasteiger partial charge in [-0.2, -0.15) is 4.72 Å². The average Bonchev–Trinajstić information content (AvgIpc) is 2.80. The third kappa shape index (κ3) is 6.10. The highest BCUT2D eigenvalue weighted by Gasteiger charge is 2.27. The van der Waals surface area contributed by atoms with Gasteiger partial charge in [-0.15, -0.1) is 0 Å². The van der Waals surface area contributed by atoms with Crippen molar-refractivity contribution < 1.29 is 22.9 Å². The van der Waals surface area contributed by atoms with Crippen LogP contribution in [0.3, 0.4) is 0 Å². The van der Waals surface area contributed by atoms with Gasteiger partial charge in [-0.25, -0.2) is 8.42 Å². The first-order valence-electron chi connectivity index (χ1n) is 10.1. The number of halogens is 1. The molecule has 3 aromatic rings. The molecule has 178 valence electrons. The average molecular weight is 504 g/mol. The van der Waals surface area contributed by atoms with Gasteiger partial charge in [0.25, 0.3) is 5.69 Å². The molecule has 0 spiro atoms. The quantitative estimate of drug-likeness (QED) is 0.334. The summed E-state index contributed by atoms with van der Waals surface area (Å²) < 4.78 is 33.6. The van der Waals surface area contributed by atoms with Gasteiger partial charge in [0.15, 0.2) is 0 Å². The summed E-state index contributed by atoms with van der Waals surface area (Å²) in [6.07, 6.45) is 0.0454. The molecule has 1 amide bonds. The van der Waals surface area contributed by atoms with Crippen LogP contribution in [0.4, 0.5) is 11.4 Å². The highest BCUT2D eigenvalue weighted by molar-refractivity contribution is 7.89. The first-order chi connectivity index (χ1) is 16.1. The topological polar surface area (TPSA) is 128 Å². The predicted molar refractivity (Wildman–Crippen MR) is 129 cm³/mol. The van der Waals surface area contributed by atoms with Crippen LogP contribution in [0.2, 0.25) is 5.02 Å². The normalized spacial score (nSPS) is 12.1. The monoisotopic (exact) mass is 503 g/mol. The van der Waals surface area contributed by atoms with E-state index in [-0.39, 0.29) is 27.7 Å². The fourth-order valence-electron chi connectivity index (χ4n) is 3.19. The van der Waals surface area contributed by atoms with Crippen molar-refractivity contribution in [3.8, 4) is 5.75 Å². The number of ether oxygens (including phenoxy) is 1. The number of hydrogen-bond donors (Lipinski definition) is 2. The molecule has 0 unspecified atom stereocenters. The molecule has 1 atom stereocenters. The summed E-state index contributed by atoms with van der Waals surface area (Å²) in [7, 11) is -2.75. The number of nitrogens with zero attached hydrogens (tertiary/aromatic N) is 1. The Morgan fingerprint density at radius 1 is 1.12 bits per heavy atom. The predicted octanol–water partition coefficient (Wildman–Crippen LogP) is 4.09. The maximum Gasteiger partial charge on any atom is 0.271 e. The molecule has 3 aromatic carbocycles. The van der Waals surface area contributed by atoms with Gasteiger partial charge in [-0.1, -0.05) is 48.0 Å². The van der Waals surface area contributed by atoms with Gasteiger partial charge in [0.2, 0.25) is 15.9 Å². The van der Waals surface area contributed by atoms with E-state index in [9.17, 15) is 23.3 Å². The Bertz CT molecular complexity index is 1320. The van der Waals surface area contributed by atoms with E-state index in [0.717, 1.165) is 0 Å². The molecular weight excluding hydrogens is 482 g/mol. The van der Waals surface area contributed by atoms with E-state index < -0.39 is 26.9 Å². The lowest BCUT2D eigenvalue weighted by atomic mass is 10.1. The summed E-state index contributed by atoms with van der Waals surface area (Å²) in [6, 6.07) is 15.7. The number of nitro groups is 1. The van der Waals surface area contributed by atoms with E-state index >= 15 is 0 Å². The number of nitrogens with one attached hydrogen (secondary N) is 2. The zero-order valence-electron chi connectivity index (χ0n) is 18.3. The van der Waals surface area contributed by atoms with E-state index in [1.54, 1.807) is 37.3 Å². The number of aryl methyl sites for hydroxylation is 1. The fraction of sp³-hybridized carbons (Fsp3) is 0.174. The zero-order chi connectivity index (χ0) is 24.9. The Labute approximate surface area is 201 Å². The van der Waals surface area contributed by atoms with Crippen LogP contribution in [0, 0.1) is 17.0 Å². The van der Waals surface area contributed by atoms with E-state index in [1.165, 1.54) is 43.5 Å². The molecule has 0 bridgehead atoms. The van der Waals surface area contributed by atoms with Crippen molar-refractivity contribution in [2.24, 2.45) is 0 Å². The Kier molecular flexibility index (Phi) is 7.87. The second-order valence-electron chi connectivity index (χ2n) is 7.41. The van der Waals surface area contributed by atoms with E-state index in [4.69, 9.17) is 16.3 Å². The Morgan fingerprint density at radius 3 is 2.44 bits per heavy atom. The highest BCUT2D eigenvalue weighted by atomic mass is 35.5. The summed E-state index contributed by atoms with van der Waals surface area (Å²) >= 11 is 6.08. The molecule has 0 aliphatic rings. The van der Waals surface area contributed by atoms with Crippen LogP contribution in [0.5, 0.6) is 5.75 Å². The molecule has 0 radical (unpaired) electrons. The van der Waals surface area contributed by atoms with Crippen molar-refractivity contribution in [1.29, 1.82) is 0 Å². The van der Waals surface area contributed by atoms with Crippen molar-refractivity contribution >= 4 is 38.9 Å². The molecule has 34 heavy (non-hydrogen) atoms. The van der Waals surface area contributed by atoms with Crippen LogP contribution in [-0.2, 0) is 21.2 Å². The number of sulfonamides is 1. The van der Waals surface area contributed by atoms with Crippen molar-refractivity contribution in [1.82, 2.24) is 4.72 Å². The minimum Gasteiger partial charge on any atom is -0.495 e. The molecule has 0 heterocycles. The molecule has 0 aliphatic carbocycles. The third-order valence-corrected chi connectivity index (χ3v) is 6.78. The summed E-state index contributed by atoms with van der Waals surface area (Å²) in [4.78, 5) is 23.6. The van der Waals surface area contributed by atoms with Crippen LogP contribution in [0.25, 0.3) is 0 Å². The number of nitro benzene ring substituents is 1. The number of rotatable bonds is 9. The van der Waals surface area contributed by atoms with Crippen LogP contribution in [0.1, 0.15) is 11.1 Å². The summed E-state index contributed by atoms with van der Waals surface area (Å²) in [6.45, 7) is 1.68. The van der Waals surface area contributed by atoms with Gasteiger partial charge in [0, 0.05) is 12.1 Å². The van der Waals surface area contributed by atoms with Crippen molar-refractivity contribution in [3.05, 3.63) is 93.0 Å². The lowest BCUT2D eigenvalue weighted by molar-refractivity contribution is -0.384. The number of anilines is 1. The SMILES string of the molecule is COc1ccc(S(=O)(=O)N[C@H](Cc2ccccc2)C(=O)Nc2cc([N+](=O)[O-])ccc2C)cc1Cl. The molecule has 0 aromatic heterocycles. The molecular formula is C23H22ClN3O6S. The Hall–Kier alpha value is -3.47. The summed E-state index contributed by atoms with van der Waals surface area (Å²) in [5.41, 5.74) is 1.31. The van der Waals surface area contributed by atoms with Gasteiger partial charge in [-0.05, 0) is 42.7 Å². The van der Waals surface area contributed by atoms with Crippen LogP contribution in [0.15, 0.2) is 71.6 Å². The molecule has 0 aliphatic heterocycles. The van der Waals surface area contributed by atoms with Crippen LogP contribution in [-0.4, -0.2) is 32.4 Å². The van der Waals surface area contributed by atoms with Gasteiger partial charge >= 0.3 is 0 Å². The van der Waals surface area contributed by atoms with E-state index in [1.807, 2.05) is 0 Å².